The Balaban J connectivity index is 2.75. The molecule has 53 valence electrons. The van der Waals surface area contributed by atoms with Gasteiger partial charge in [-0.3, -0.25) is 4.98 Å². The van der Waals surface area contributed by atoms with Crippen molar-refractivity contribution in [1.82, 2.24) is 4.98 Å². The second kappa shape index (κ2) is 3.32. The van der Waals surface area contributed by atoms with Gasteiger partial charge in [-0.05, 0) is 18.2 Å². The number of hydrogen-bond acceptors (Lipinski definition) is 2. The van der Waals surface area contributed by atoms with E-state index in [2.05, 4.69) is 11.1 Å². The van der Waals surface area contributed by atoms with E-state index < -0.39 is 0 Å². The van der Waals surface area contributed by atoms with E-state index in [9.17, 15) is 0 Å². The van der Waals surface area contributed by atoms with Crippen LogP contribution in [0.4, 0.5) is 0 Å². The molecule has 0 aromatic carbocycles. The number of nitrogens with zero attached hydrogens (tertiary/aromatic N) is 1. The van der Waals surface area contributed by atoms with Crippen molar-refractivity contribution >= 4 is 0 Å². The van der Waals surface area contributed by atoms with Gasteiger partial charge in [-0.15, -0.1) is 0 Å². The second-order valence-corrected chi connectivity index (χ2v) is 2.26. The number of aliphatic hydroxyl groups is 1. The SMILES string of the molecule is CC(CO)c1c[c]ccn1. The molecular formula is C8H10NO. The van der Waals surface area contributed by atoms with Crippen molar-refractivity contribution in [3.8, 4) is 0 Å². The maximum Gasteiger partial charge on any atom is 0.0512 e. The molecule has 1 unspecified atom stereocenters. The Morgan fingerprint density at radius 2 is 2.60 bits per heavy atom. The molecule has 1 aromatic rings. The molecule has 0 aliphatic carbocycles. The van der Waals surface area contributed by atoms with Crippen molar-refractivity contribution in [2.24, 2.45) is 0 Å². The summed E-state index contributed by atoms with van der Waals surface area (Å²) in [4.78, 5) is 4.06. The average Bonchev–Trinajstić information content (AvgIpc) is 2.05. The first-order valence-corrected chi connectivity index (χ1v) is 3.27. The molecule has 1 radical (unpaired) electrons. The van der Waals surface area contributed by atoms with E-state index >= 15 is 0 Å². The van der Waals surface area contributed by atoms with Gasteiger partial charge < -0.3 is 5.11 Å². The number of aromatic nitrogens is 1. The van der Waals surface area contributed by atoms with Crippen molar-refractivity contribution in [3.05, 3.63) is 30.1 Å². The summed E-state index contributed by atoms with van der Waals surface area (Å²) < 4.78 is 0. The van der Waals surface area contributed by atoms with Crippen LogP contribution in [0.3, 0.4) is 0 Å². The monoisotopic (exact) mass is 136 g/mol. The third-order valence-corrected chi connectivity index (χ3v) is 1.40. The smallest absolute Gasteiger partial charge is 0.0512 e. The van der Waals surface area contributed by atoms with Gasteiger partial charge in [-0.2, -0.15) is 0 Å². The Bertz CT molecular complexity index is 186. The molecule has 1 aromatic heterocycles. The van der Waals surface area contributed by atoms with Crippen LogP contribution in [0.2, 0.25) is 0 Å². The third-order valence-electron chi connectivity index (χ3n) is 1.40. The Labute approximate surface area is 60.5 Å². The largest absolute Gasteiger partial charge is 0.396 e. The van der Waals surface area contributed by atoms with Gasteiger partial charge in [-0.25, -0.2) is 0 Å². The molecule has 0 amide bonds. The van der Waals surface area contributed by atoms with Gasteiger partial charge in [0.15, 0.2) is 0 Å². The van der Waals surface area contributed by atoms with E-state index in [1.807, 2.05) is 6.92 Å². The molecule has 1 atom stereocenters. The first-order chi connectivity index (χ1) is 4.84. The average molecular weight is 136 g/mol. The highest BCUT2D eigenvalue weighted by Crippen LogP contribution is 2.08. The Hall–Kier alpha value is -0.890. The zero-order chi connectivity index (χ0) is 7.40. The Kier molecular flexibility index (Phi) is 2.40. The number of pyridine rings is 1. The van der Waals surface area contributed by atoms with Gasteiger partial charge in [0.2, 0.25) is 0 Å². The molecule has 10 heavy (non-hydrogen) atoms. The summed E-state index contributed by atoms with van der Waals surface area (Å²) in [7, 11) is 0. The second-order valence-electron chi connectivity index (χ2n) is 2.26. The lowest BCUT2D eigenvalue weighted by atomic mass is 10.1. The van der Waals surface area contributed by atoms with Crippen LogP contribution in [-0.4, -0.2) is 16.7 Å². The molecule has 2 nitrogen and oxygen atoms in total. The predicted octanol–water partition coefficient (Wildman–Crippen LogP) is 0.978. The predicted molar refractivity (Wildman–Crippen MR) is 38.6 cm³/mol. The fourth-order valence-electron chi connectivity index (χ4n) is 0.700. The molecule has 2 heteroatoms. The fraction of sp³-hybridized carbons (Fsp3) is 0.375. The van der Waals surface area contributed by atoms with Gasteiger partial charge in [-0.1, -0.05) is 6.92 Å². The quantitative estimate of drug-likeness (QED) is 0.657. The van der Waals surface area contributed by atoms with Gasteiger partial charge in [0, 0.05) is 17.8 Å². The summed E-state index contributed by atoms with van der Waals surface area (Å²) in [6.45, 7) is 2.07. The highest BCUT2D eigenvalue weighted by atomic mass is 16.3. The van der Waals surface area contributed by atoms with Crippen molar-refractivity contribution in [2.75, 3.05) is 6.61 Å². The molecular weight excluding hydrogens is 126 g/mol. The summed E-state index contributed by atoms with van der Waals surface area (Å²) in [6.07, 6.45) is 1.68. The van der Waals surface area contributed by atoms with E-state index in [-0.39, 0.29) is 12.5 Å². The van der Waals surface area contributed by atoms with Crippen molar-refractivity contribution in [1.29, 1.82) is 0 Å². The summed E-state index contributed by atoms with van der Waals surface area (Å²) in [5.74, 6) is 0.123. The molecule has 0 saturated heterocycles. The lowest BCUT2D eigenvalue weighted by Crippen LogP contribution is -2.00. The maximum absolute atomic E-state index is 8.73. The normalized spacial score (nSPS) is 13.0. The number of aliphatic hydroxyl groups excluding tert-OH is 1. The van der Waals surface area contributed by atoms with Crippen molar-refractivity contribution in [2.45, 2.75) is 12.8 Å². The number of hydrogen-bond donors (Lipinski definition) is 1. The molecule has 0 bridgehead atoms. The number of rotatable bonds is 2. The van der Waals surface area contributed by atoms with Crippen LogP contribution < -0.4 is 0 Å². The van der Waals surface area contributed by atoms with Gasteiger partial charge in [0.05, 0.1) is 6.61 Å². The summed E-state index contributed by atoms with van der Waals surface area (Å²) in [5, 5.41) is 8.73. The van der Waals surface area contributed by atoms with Gasteiger partial charge in [0.1, 0.15) is 0 Å². The molecule has 0 saturated carbocycles. The van der Waals surface area contributed by atoms with Crippen LogP contribution in [0.25, 0.3) is 0 Å². The topological polar surface area (TPSA) is 33.1 Å². The van der Waals surface area contributed by atoms with Crippen LogP contribution in [0.1, 0.15) is 18.5 Å². The Morgan fingerprint density at radius 1 is 1.80 bits per heavy atom. The minimum Gasteiger partial charge on any atom is -0.396 e. The minimum atomic E-state index is 0.123. The van der Waals surface area contributed by atoms with Crippen molar-refractivity contribution in [3.63, 3.8) is 0 Å². The molecule has 1 rings (SSSR count). The van der Waals surface area contributed by atoms with Crippen molar-refractivity contribution < 1.29 is 5.11 Å². The van der Waals surface area contributed by atoms with Crippen LogP contribution in [0.15, 0.2) is 18.3 Å². The molecule has 0 aliphatic rings. The van der Waals surface area contributed by atoms with E-state index in [4.69, 9.17) is 5.11 Å². The van der Waals surface area contributed by atoms with Gasteiger partial charge >= 0.3 is 0 Å². The standard InChI is InChI=1S/C8H10NO/c1-7(6-10)8-4-2-3-5-9-8/h3-5,7,10H,6H2,1H3. The van der Waals surface area contributed by atoms with Crippen LogP contribution in [0.5, 0.6) is 0 Å². The highest BCUT2D eigenvalue weighted by molar-refractivity contribution is 5.06. The molecule has 0 fully saturated rings. The molecule has 0 aliphatic heterocycles. The fourth-order valence-corrected chi connectivity index (χ4v) is 0.700. The lowest BCUT2D eigenvalue weighted by molar-refractivity contribution is 0.271. The summed E-state index contributed by atoms with van der Waals surface area (Å²) >= 11 is 0. The molecule has 1 N–H and O–H groups in total. The summed E-state index contributed by atoms with van der Waals surface area (Å²) in [5.41, 5.74) is 0.894. The lowest BCUT2D eigenvalue weighted by Gasteiger charge is -2.04. The van der Waals surface area contributed by atoms with Crippen LogP contribution in [0, 0.1) is 6.07 Å². The molecule has 0 spiro atoms. The Morgan fingerprint density at radius 3 is 3.10 bits per heavy atom. The zero-order valence-corrected chi connectivity index (χ0v) is 5.91. The molecule has 1 heterocycles. The van der Waals surface area contributed by atoms with E-state index in [1.165, 1.54) is 0 Å². The third kappa shape index (κ3) is 1.54. The van der Waals surface area contributed by atoms with E-state index in [0.717, 1.165) is 5.69 Å². The first-order valence-electron chi connectivity index (χ1n) is 3.27. The van der Waals surface area contributed by atoms with E-state index in [1.54, 1.807) is 18.3 Å². The van der Waals surface area contributed by atoms with Crippen LogP contribution in [-0.2, 0) is 0 Å². The zero-order valence-electron chi connectivity index (χ0n) is 5.91. The van der Waals surface area contributed by atoms with Crippen LogP contribution >= 0.6 is 0 Å². The maximum atomic E-state index is 8.73. The summed E-state index contributed by atoms with van der Waals surface area (Å²) in [6, 6.07) is 6.44. The first kappa shape index (κ1) is 7.22. The highest BCUT2D eigenvalue weighted by Gasteiger charge is 2.02. The van der Waals surface area contributed by atoms with E-state index in [0.29, 0.717) is 0 Å². The van der Waals surface area contributed by atoms with Gasteiger partial charge in [0.25, 0.3) is 0 Å². The minimum absolute atomic E-state index is 0.123.